The highest BCUT2D eigenvalue weighted by molar-refractivity contribution is 9.10. The SMILES string of the molecule is Cc1cc(Br)c([Si](C)(C)C)cc1C. The van der Waals surface area contributed by atoms with Gasteiger partial charge in [-0.15, -0.1) is 0 Å². The number of hydrogen-bond donors (Lipinski definition) is 0. The van der Waals surface area contributed by atoms with Crippen LogP contribution in [0.1, 0.15) is 11.1 Å². The van der Waals surface area contributed by atoms with E-state index in [9.17, 15) is 0 Å². The molecule has 72 valence electrons. The Hall–Kier alpha value is -0.0831. The summed E-state index contributed by atoms with van der Waals surface area (Å²) in [6.45, 7) is 11.5. The predicted octanol–water partition coefficient (Wildman–Crippen LogP) is 3.61. The number of rotatable bonds is 1. The van der Waals surface area contributed by atoms with Crippen molar-refractivity contribution >= 4 is 29.2 Å². The van der Waals surface area contributed by atoms with E-state index < -0.39 is 8.07 Å². The smallest absolute Gasteiger partial charge is 0.0656 e. The maximum Gasteiger partial charge on any atom is 0.0790 e. The fourth-order valence-electron chi connectivity index (χ4n) is 1.36. The lowest BCUT2D eigenvalue weighted by Crippen LogP contribution is -2.38. The zero-order valence-electron chi connectivity index (χ0n) is 9.03. The van der Waals surface area contributed by atoms with E-state index in [-0.39, 0.29) is 0 Å². The molecule has 0 spiro atoms. The maximum atomic E-state index is 3.65. The van der Waals surface area contributed by atoms with E-state index in [0.717, 1.165) is 0 Å². The van der Waals surface area contributed by atoms with E-state index in [1.165, 1.54) is 20.8 Å². The molecule has 0 N–H and O–H groups in total. The molecule has 0 atom stereocenters. The van der Waals surface area contributed by atoms with Gasteiger partial charge in [0, 0.05) is 4.47 Å². The van der Waals surface area contributed by atoms with Gasteiger partial charge in [-0.2, -0.15) is 0 Å². The first-order chi connectivity index (χ1) is 5.82. The fourth-order valence-corrected chi connectivity index (χ4v) is 5.04. The van der Waals surface area contributed by atoms with Gasteiger partial charge in [0.15, 0.2) is 0 Å². The third-order valence-electron chi connectivity index (χ3n) is 2.39. The lowest BCUT2D eigenvalue weighted by molar-refractivity contribution is 1.34. The summed E-state index contributed by atoms with van der Waals surface area (Å²) in [6, 6.07) is 4.58. The van der Waals surface area contributed by atoms with Gasteiger partial charge < -0.3 is 0 Å². The largest absolute Gasteiger partial charge is 0.0790 e. The zero-order chi connectivity index (χ0) is 10.2. The van der Waals surface area contributed by atoms with Crippen molar-refractivity contribution < 1.29 is 0 Å². The average Bonchev–Trinajstić information content (AvgIpc) is 1.94. The molecule has 0 bridgehead atoms. The summed E-state index contributed by atoms with van der Waals surface area (Å²) in [6.07, 6.45) is 0. The molecule has 1 aromatic carbocycles. The van der Waals surface area contributed by atoms with Gasteiger partial charge >= 0.3 is 0 Å². The van der Waals surface area contributed by atoms with Gasteiger partial charge in [-0.25, -0.2) is 0 Å². The standard InChI is InChI=1S/C11H17BrSi/c1-8-6-10(12)11(7-9(8)2)13(3,4)5/h6-7H,1-5H3. The summed E-state index contributed by atoms with van der Waals surface area (Å²) >= 11 is 3.65. The molecule has 2 heteroatoms. The molecule has 0 saturated heterocycles. The first-order valence-corrected chi connectivity index (χ1v) is 8.89. The van der Waals surface area contributed by atoms with E-state index >= 15 is 0 Å². The van der Waals surface area contributed by atoms with Gasteiger partial charge in [-0.3, -0.25) is 0 Å². The Kier molecular flexibility index (Phi) is 3.03. The molecule has 13 heavy (non-hydrogen) atoms. The topological polar surface area (TPSA) is 0 Å². The van der Waals surface area contributed by atoms with Crippen LogP contribution >= 0.6 is 15.9 Å². The van der Waals surface area contributed by atoms with Crippen LogP contribution in [0, 0.1) is 13.8 Å². The lowest BCUT2D eigenvalue weighted by atomic mass is 10.1. The number of hydrogen-bond acceptors (Lipinski definition) is 0. The normalized spacial score (nSPS) is 11.8. The van der Waals surface area contributed by atoms with Crippen LogP contribution in [0.5, 0.6) is 0 Å². The average molecular weight is 257 g/mol. The molecule has 0 aliphatic rings. The minimum absolute atomic E-state index is 1.18. The van der Waals surface area contributed by atoms with Crippen LogP contribution < -0.4 is 5.19 Å². The summed E-state index contributed by atoms with van der Waals surface area (Å²) in [5.74, 6) is 0. The monoisotopic (exact) mass is 256 g/mol. The van der Waals surface area contributed by atoms with E-state index in [4.69, 9.17) is 0 Å². The second-order valence-corrected chi connectivity index (χ2v) is 10.6. The Labute approximate surface area is 90.5 Å². The van der Waals surface area contributed by atoms with Crippen LogP contribution in [0.25, 0.3) is 0 Å². The first kappa shape index (κ1) is 11.0. The lowest BCUT2D eigenvalue weighted by Gasteiger charge is -2.20. The Bertz CT molecular complexity index is 324. The molecule has 0 saturated carbocycles. The second-order valence-electron chi connectivity index (χ2n) is 4.67. The molecule has 0 aromatic heterocycles. The van der Waals surface area contributed by atoms with Crippen molar-refractivity contribution in [2.75, 3.05) is 0 Å². The molecule has 0 amide bonds. The van der Waals surface area contributed by atoms with Crippen LogP contribution in [0.2, 0.25) is 19.6 Å². The van der Waals surface area contributed by atoms with Gasteiger partial charge in [0.25, 0.3) is 0 Å². The van der Waals surface area contributed by atoms with Gasteiger partial charge in [-0.1, -0.05) is 41.6 Å². The fraction of sp³-hybridized carbons (Fsp3) is 0.455. The molecule has 0 nitrogen and oxygen atoms in total. The van der Waals surface area contributed by atoms with Crippen molar-refractivity contribution in [3.63, 3.8) is 0 Å². The van der Waals surface area contributed by atoms with Crippen LogP contribution in [0.15, 0.2) is 16.6 Å². The highest BCUT2D eigenvalue weighted by Crippen LogP contribution is 2.17. The molecule has 0 unspecified atom stereocenters. The Morgan fingerprint density at radius 2 is 1.46 bits per heavy atom. The van der Waals surface area contributed by atoms with Crippen molar-refractivity contribution in [1.82, 2.24) is 0 Å². The molecular formula is C11H17BrSi. The van der Waals surface area contributed by atoms with Crippen LogP contribution in [0.4, 0.5) is 0 Å². The number of halogens is 1. The quantitative estimate of drug-likeness (QED) is 0.674. The van der Waals surface area contributed by atoms with Crippen LogP contribution in [-0.2, 0) is 0 Å². The van der Waals surface area contributed by atoms with E-state index in [0.29, 0.717) is 0 Å². The van der Waals surface area contributed by atoms with Crippen molar-refractivity contribution in [3.8, 4) is 0 Å². The molecule has 0 aliphatic heterocycles. The summed E-state index contributed by atoms with van der Waals surface area (Å²) in [5, 5.41) is 1.52. The van der Waals surface area contributed by atoms with Gasteiger partial charge in [-0.05, 0) is 36.2 Å². The second kappa shape index (κ2) is 3.58. The van der Waals surface area contributed by atoms with Crippen LogP contribution in [-0.4, -0.2) is 8.07 Å². The molecule has 1 rings (SSSR count). The Morgan fingerprint density at radius 1 is 1.00 bits per heavy atom. The van der Waals surface area contributed by atoms with Gasteiger partial charge in [0.1, 0.15) is 0 Å². The Morgan fingerprint density at radius 3 is 1.92 bits per heavy atom. The summed E-state index contributed by atoms with van der Waals surface area (Å²) in [7, 11) is -1.18. The van der Waals surface area contributed by atoms with Gasteiger partial charge in [0.05, 0.1) is 8.07 Å². The highest BCUT2D eigenvalue weighted by atomic mass is 79.9. The minimum atomic E-state index is -1.18. The van der Waals surface area contributed by atoms with Crippen LogP contribution in [0.3, 0.4) is 0 Å². The van der Waals surface area contributed by atoms with Crippen molar-refractivity contribution in [1.29, 1.82) is 0 Å². The van der Waals surface area contributed by atoms with Crippen molar-refractivity contribution in [2.45, 2.75) is 33.5 Å². The maximum absolute atomic E-state index is 3.65. The highest BCUT2D eigenvalue weighted by Gasteiger charge is 2.19. The summed E-state index contributed by atoms with van der Waals surface area (Å²) in [5.41, 5.74) is 2.77. The zero-order valence-corrected chi connectivity index (χ0v) is 11.6. The molecular weight excluding hydrogens is 240 g/mol. The molecule has 0 aliphatic carbocycles. The number of aryl methyl sites for hydroxylation is 2. The van der Waals surface area contributed by atoms with Crippen molar-refractivity contribution in [3.05, 3.63) is 27.7 Å². The summed E-state index contributed by atoms with van der Waals surface area (Å²) < 4.78 is 1.29. The van der Waals surface area contributed by atoms with E-state index in [1.54, 1.807) is 0 Å². The third kappa shape index (κ3) is 2.44. The van der Waals surface area contributed by atoms with Crippen molar-refractivity contribution in [2.24, 2.45) is 0 Å². The molecule has 0 radical (unpaired) electrons. The predicted molar refractivity (Wildman–Crippen MR) is 66.6 cm³/mol. The summed E-state index contributed by atoms with van der Waals surface area (Å²) in [4.78, 5) is 0. The first-order valence-electron chi connectivity index (χ1n) is 4.59. The minimum Gasteiger partial charge on any atom is -0.0656 e. The number of benzene rings is 1. The van der Waals surface area contributed by atoms with Gasteiger partial charge in [0.2, 0.25) is 0 Å². The molecule has 0 heterocycles. The molecule has 0 fully saturated rings. The third-order valence-corrected chi connectivity index (χ3v) is 5.44. The van der Waals surface area contributed by atoms with E-state index in [1.807, 2.05) is 0 Å². The molecule has 1 aromatic rings. The van der Waals surface area contributed by atoms with E-state index in [2.05, 4.69) is 61.6 Å². The Balaban J connectivity index is 3.32.